The number of furan rings is 1. The van der Waals surface area contributed by atoms with Crippen molar-refractivity contribution < 1.29 is 4.42 Å². The maximum absolute atomic E-state index is 6.92. The summed E-state index contributed by atoms with van der Waals surface area (Å²) in [4.78, 5) is 16.2. The van der Waals surface area contributed by atoms with Gasteiger partial charge in [0.05, 0.1) is 27.8 Å². The molecule has 0 atom stereocenters. The highest BCUT2D eigenvalue weighted by atomic mass is 16.3. The Labute approximate surface area is 379 Å². The summed E-state index contributed by atoms with van der Waals surface area (Å²) in [6.07, 6.45) is 0. The summed E-state index contributed by atoms with van der Waals surface area (Å²) in [5.41, 5.74) is 15.8. The lowest BCUT2D eigenvalue weighted by molar-refractivity contribution is 0.660. The van der Waals surface area contributed by atoms with Gasteiger partial charge in [-0.25, -0.2) is 4.98 Å². The molecule has 0 amide bonds. The van der Waals surface area contributed by atoms with E-state index in [2.05, 4.69) is 199 Å². The second kappa shape index (κ2) is 13.7. The highest BCUT2D eigenvalue weighted by Crippen LogP contribution is 2.50. The summed E-state index contributed by atoms with van der Waals surface area (Å²) in [5.74, 6) is 1.76. The third-order valence-corrected chi connectivity index (χ3v) is 14.0. The molecule has 6 nitrogen and oxygen atoms in total. The zero-order chi connectivity index (χ0) is 43.7. The van der Waals surface area contributed by atoms with E-state index in [1.807, 2.05) is 24.3 Å². The standard InChI is InChI=1S/C60H39N5O/c1-60(2)48-25-13-9-21-40(48)46-33-38(29-32-49(46)60)58-61-57(37-19-7-4-8-20-37)62-59(63-58)65-51-27-15-11-23-42(51)45-31-30-44-41-22-10-14-26-50(41)64(54(44)55(45)65)52-35-39(36-17-5-3-6-18-36)34-47-43-24-12-16-28-53(43)66-56(47)52/h3-35H,1-2H3. The summed E-state index contributed by atoms with van der Waals surface area (Å²) in [5, 5.41) is 6.61. The van der Waals surface area contributed by atoms with Gasteiger partial charge >= 0.3 is 0 Å². The van der Waals surface area contributed by atoms with Gasteiger partial charge in [-0.15, -0.1) is 0 Å². The van der Waals surface area contributed by atoms with E-state index >= 15 is 0 Å². The Hall–Kier alpha value is -8.61. The van der Waals surface area contributed by atoms with Crippen LogP contribution in [0.3, 0.4) is 0 Å². The van der Waals surface area contributed by atoms with Crippen molar-refractivity contribution in [1.29, 1.82) is 0 Å². The average molecular weight is 846 g/mol. The molecule has 4 aromatic heterocycles. The first-order valence-corrected chi connectivity index (χ1v) is 22.5. The van der Waals surface area contributed by atoms with Gasteiger partial charge in [0.1, 0.15) is 5.58 Å². The Morgan fingerprint density at radius 3 is 1.71 bits per heavy atom. The van der Waals surface area contributed by atoms with Gasteiger partial charge in [-0.2, -0.15) is 9.97 Å². The van der Waals surface area contributed by atoms with Crippen molar-refractivity contribution in [3.63, 3.8) is 0 Å². The second-order valence-electron chi connectivity index (χ2n) is 18.0. The molecule has 0 saturated heterocycles. The molecule has 0 fully saturated rings. The maximum Gasteiger partial charge on any atom is 0.238 e. The number of hydrogen-bond donors (Lipinski definition) is 0. The van der Waals surface area contributed by atoms with Crippen LogP contribution >= 0.6 is 0 Å². The van der Waals surface area contributed by atoms with Crippen LogP contribution in [0, 0.1) is 0 Å². The Kier molecular flexibility index (Phi) is 7.64. The van der Waals surface area contributed by atoms with Gasteiger partial charge in [0.25, 0.3) is 0 Å². The quantitative estimate of drug-likeness (QED) is 0.173. The summed E-state index contributed by atoms with van der Waals surface area (Å²) in [6, 6.07) is 71.1. The van der Waals surface area contributed by atoms with Gasteiger partial charge in [-0.3, -0.25) is 4.57 Å². The van der Waals surface area contributed by atoms with Crippen LogP contribution in [0.25, 0.3) is 122 Å². The Morgan fingerprint density at radius 1 is 0.394 bits per heavy atom. The van der Waals surface area contributed by atoms with Crippen molar-refractivity contribution >= 4 is 65.6 Å². The van der Waals surface area contributed by atoms with Gasteiger partial charge in [-0.1, -0.05) is 178 Å². The summed E-state index contributed by atoms with van der Waals surface area (Å²) in [7, 11) is 0. The molecule has 1 aliphatic rings. The van der Waals surface area contributed by atoms with Crippen LogP contribution in [0.5, 0.6) is 0 Å². The molecule has 310 valence electrons. The number of hydrogen-bond acceptors (Lipinski definition) is 4. The fourth-order valence-electron chi connectivity index (χ4n) is 10.9. The van der Waals surface area contributed by atoms with Crippen LogP contribution in [0.1, 0.15) is 25.0 Å². The van der Waals surface area contributed by atoms with Crippen LogP contribution in [-0.4, -0.2) is 24.1 Å². The average Bonchev–Trinajstić information content (AvgIpc) is 4.09. The number of rotatable bonds is 5. The molecule has 6 heteroatoms. The zero-order valence-electron chi connectivity index (χ0n) is 36.2. The van der Waals surface area contributed by atoms with E-state index in [-0.39, 0.29) is 5.41 Å². The van der Waals surface area contributed by atoms with E-state index < -0.39 is 0 Å². The lowest BCUT2D eigenvalue weighted by Crippen LogP contribution is -2.14. The molecule has 1 aliphatic carbocycles. The van der Waals surface area contributed by atoms with E-state index in [0.717, 1.165) is 93.5 Å². The topological polar surface area (TPSA) is 61.7 Å². The molecule has 0 aliphatic heterocycles. The van der Waals surface area contributed by atoms with Crippen molar-refractivity contribution in [3.8, 4) is 56.7 Å². The third-order valence-electron chi connectivity index (χ3n) is 14.0. The van der Waals surface area contributed by atoms with Crippen LogP contribution in [0.2, 0.25) is 0 Å². The number of fused-ring (bicyclic) bond motifs is 13. The van der Waals surface area contributed by atoms with Crippen molar-refractivity contribution in [3.05, 3.63) is 211 Å². The largest absolute Gasteiger partial charge is 0.454 e. The number of para-hydroxylation sites is 3. The first-order chi connectivity index (χ1) is 32.5. The zero-order valence-corrected chi connectivity index (χ0v) is 36.2. The van der Waals surface area contributed by atoms with Gasteiger partial charge in [-0.05, 0) is 69.8 Å². The third kappa shape index (κ3) is 5.21. The monoisotopic (exact) mass is 845 g/mol. The van der Waals surface area contributed by atoms with Gasteiger partial charge in [0, 0.05) is 48.9 Å². The molecule has 0 saturated carbocycles. The molecular formula is C60H39N5O. The van der Waals surface area contributed by atoms with Crippen LogP contribution in [0.4, 0.5) is 0 Å². The van der Waals surface area contributed by atoms with Crippen LogP contribution in [0.15, 0.2) is 205 Å². The number of aromatic nitrogens is 5. The maximum atomic E-state index is 6.92. The smallest absolute Gasteiger partial charge is 0.238 e. The predicted molar refractivity (Wildman–Crippen MR) is 270 cm³/mol. The fourth-order valence-corrected chi connectivity index (χ4v) is 10.9. The minimum atomic E-state index is -0.120. The van der Waals surface area contributed by atoms with Gasteiger partial charge < -0.3 is 8.98 Å². The van der Waals surface area contributed by atoms with Crippen molar-refractivity contribution in [2.45, 2.75) is 19.3 Å². The lowest BCUT2D eigenvalue weighted by Gasteiger charge is -2.21. The van der Waals surface area contributed by atoms with Crippen molar-refractivity contribution in [2.24, 2.45) is 0 Å². The predicted octanol–water partition coefficient (Wildman–Crippen LogP) is 15.3. The minimum Gasteiger partial charge on any atom is -0.454 e. The van der Waals surface area contributed by atoms with Gasteiger partial charge in [0.15, 0.2) is 17.2 Å². The summed E-state index contributed by atoms with van der Waals surface area (Å²) >= 11 is 0. The molecule has 14 rings (SSSR count). The first kappa shape index (κ1) is 36.8. The highest BCUT2D eigenvalue weighted by Gasteiger charge is 2.35. The van der Waals surface area contributed by atoms with E-state index in [1.54, 1.807) is 0 Å². The summed E-state index contributed by atoms with van der Waals surface area (Å²) < 4.78 is 11.6. The molecule has 66 heavy (non-hydrogen) atoms. The van der Waals surface area contributed by atoms with E-state index in [1.165, 1.54) is 22.3 Å². The molecule has 0 N–H and O–H groups in total. The van der Waals surface area contributed by atoms with E-state index in [4.69, 9.17) is 19.4 Å². The minimum absolute atomic E-state index is 0.120. The van der Waals surface area contributed by atoms with Gasteiger partial charge in [0.2, 0.25) is 5.95 Å². The second-order valence-corrected chi connectivity index (χ2v) is 18.0. The fraction of sp³-hybridized carbons (Fsp3) is 0.0500. The van der Waals surface area contributed by atoms with E-state index in [9.17, 15) is 0 Å². The van der Waals surface area contributed by atoms with Crippen LogP contribution in [-0.2, 0) is 5.41 Å². The van der Waals surface area contributed by atoms with E-state index in [0.29, 0.717) is 17.6 Å². The number of benzene rings is 9. The molecule has 9 aromatic carbocycles. The molecule has 0 unspecified atom stereocenters. The highest BCUT2D eigenvalue weighted by molar-refractivity contribution is 6.24. The van der Waals surface area contributed by atoms with Crippen LogP contribution < -0.4 is 0 Å². The number of nitrogens with zero attached hydrogens (tertiary/aromatic N) is 5. The van der Waals surface area contributed by atoms with Crippen molar-refractivity contribution in [2.75, 3.05) is 0 Å². The summed E-state index contributed by atoms with van der Waals surface area (Å²) in [6.45, 7) is 4.62. The normalized spacial score (nSPS) is 13.1. The molecule has 0 spiro atoms. The lowest BCUT2D eigenvalue weighted by atomic mass is 9.82. The Morgan fingerprint density at radius 2 is 0.970 bits per heavy atom. The Balaban J connectivity index is 1.11. The first-order valence-electron chi connectivity index (χ1n) is 22.5. The molecule has 13 aromatic rings. The Bertz CT molecular complexity index is 4140. The molecular weight excluding hydrogens is 807 g/mol. The molecule has 4 heterocycles. The van der Waals surface area contributed by atoms with Crippen molar-refractivity contribution in [1.82, 2.24) is 24.1 Å². The molecule has 0 radical (unpaired) electrons. The molecule has 0 bridgehead atoms. The SMILES string of the molecule is CC1(C)c2ccccc2-c2cc(-c3nc(-c4ccccc4)nc(-n4c5ccccc5c5ccc6c7ccccc7n(-c7cc(-c8ccccc8)cc8c7oc7ccccc78)c6c54)n3)ccc21.